The first kappa shape index (κ1) is 10.1. The summed E-state index contributed by atoms with van der Waals surface area (Å²) in [5.41, 5.74) is 0. The van der Waals surface area contributed by atoms with Crippen LogP contribution in [-0.4, -0.2) is 41.0 Å². The SMILES string of the molecule is O=C1CCC(N2CCCC(O)C2)CC1. The number of aliphatic hydroxyl groups excluding tert-OH is 1. The third kappa shape index (κ3) is 2.34. The summed E-state index contributed by atoms with van der Waals surface area (Å²) in [6, 6.07) is 0.558. The molecular formula is C11H19NO2. The van der Waals surface area contributed by atoms with Gasteiger partial charge in [0.15, 0.2) is 0 Å². The predicted molar refractivity (Wildman–Crippen MR) is 54.1 cm³/mol. The molecule has 1 N–H and O–H groups in total. The number of hydrogen-bond donors (Lipinski definition) is 1. The zero-order valence-electron chi connectivity index (χ0n) is 8.61. The molecule has 1 unspecified atom stereocenters. The first-order valence-electron chi connectivity index (χ1n) is 5.69. The molecular weight excluding hydrogens is 178 g/mol. The Kier molecular flexibility index (Phi) is 3.19. The number of nitrogens with zero attached hydrogens (tertiary/aromatic N) is 1. The van der Waals surface area contributed by atoms with Gasteiger partial charge < -0.3 is 5.11 Å². The quantitative estimate of drug-likeness (QED) is 0.680. The molecule has 1 heterocycles. The fourth-order valence-corrected chi connectivity index (χ4v) is 2.60. The highest BCUT2D eigenvalue weighted by atomic mass is 16.3. The molecule has 0 aromatic carbocycles. The summed E-state index contributed by atoms with van der Waals surface area (Å²) < 4.78 is 0. The van der Waals surface area contributed by atoms with E-state index in [1.54, 1.807) is 0 Å². The van der Waals surface area contributed by atoms with Crippen molar-refractivity contribution in [3.63, 3.8) is 0 Å². The first-order chi connectivity index (χ1) is 6.75. The van der Waals surface area contributed by atoms with E-state index in [9.17, 15) is 9.90 Å². The molecule has 1 saturated carbocycles. The molecule has 1 saturated heterocycles. The van der Waals surface area contributed by atoms with E-state index in [4.69, 9.17) is 0 Å². The molecule has 3 nitrogen and oxygen atoms in total. The monoisotopic (exact) mass is 197 g/mol. The van der Waals surface area contributed by atoms with Crippen molar-refractivity contribution in [3.8, 4) is 0 Å². The molecule has 0 aromatic heterocycles. The van der Waals surface area contributed by atoms with Gasteiger partial charge in [-0.1, -0.05) is 0 Å². The minimum absolute atomic E-state index is 0.138. The van der Waals surface area contributed by atoms with Crippen molar-refractivity contribution >= 4 is 5.78 Å². The molecule has 0 aromatic rings. The number of likely N-dealkylation sites (tertiary alicyclic amines) is 1. The molecule has 1 aliphatic heterocycles. The van der Waals surface area contributed by atoms with E-state index in [0.717, 1.165) is 51.6 Å². The maximum Gasteiger partial charge on any atom is 0.133 e. The van der Waals surface area contributed by atoms with Gasteiger partial charge in [-0.05, 0) is 32.2 Å². The second-order valence-corrected chi connectivity index (χ2v) is 4.56. The van der Waals surface area contributed by atoms with Crippen LogP contribution in [0.4, 0.5) is 0 Å². The topological polar surface area (TPSA) is 40.5 Å². The van der Waals surface area contributed by atoms with Gasteiger partial charge in [0.2, 0.25) is 0 Å². The number of carbonyl (C=O) groups excluding carboxylic acids is 1. The fraction of sp³-hybridized carbons (Fsp3) is 0.909. The maximum absolute atomic E-state index is 11.1. The number of aliphatic hydroxyl groups is 1. The van der Waals surface area contributed by atoms with Gasteiger partial charge in [-0.15, -0.1) is 0 Å². The van der Waals surface area contributed by atoms with Gasteiger partial charge in [0.05, 0.1) is 6.10 Å². The molecule has 0 amide bonds. The lowest BCUT2D eigenvalue weighted by Crippen LogP contribution is -2.46. The number of hydrogen-bond acceptors (Lipinski definition) is 3. The molecule has 2 aliphatic rings. The van der Waals surface area contributed by atoms with E-state index in [0.29, 0.717) is 11.8 Å². The van der Waals surface area contributed by atoms with Gasteiger partial charge in [0, 0.05) is 25.4 Å². The molecule has 14 heavy (non-hydrogen) atoms. The molecule has 0 bridgehead atoms. The summed E-state index contributed by atoms with van der Waals surface area (Å²) in [5.74, 6) is 0.416. The predicted octanol–water partition coefficient (Wildman–Crippen LogP) is 0.955. The summed E-state index contributed by atoms with van der Waals surface area (Å²) in [4.78, 5) is 13.5. The Morgan fingerprint density at radius 1 is 1.21 bits per heavy atom. The lowest BCUT2D eigenvalue weighted by molar-refractivity contribution is -0.121. The van der Waals surface area contributed by atoms with Gasteiger partial charge in [0.1, 0.15) is 5.78 Å². The molecule has 1 atom stereocenters. The van der Waals surface area contributed by atoms with Crippen molar-refractivity contribution in [3.05, 3.63) is 0 Å². The zero-order chi connectivity index (χ0) is 9.97. The van der Waals surface area contributed by atoms with Crippen LogP contribution in [0, 0.1) is 0 Å². The van der Waals surface area contributed by atoms with Crippen LogP contribution in [0.15, 0.2) is 0 Å². The summed E-state index contributed by atoms with van der Waals surface area (Å²) >= 11 is 0. The zero-order valence-corrected chi connectivity index (χ0v) is 8.61. The standard InChI is InChI=1S/C11H19NO2/c13-10-5-3-9(4-6-10)12-7-1-2-11(14)8-12/h9,11,14H,1-8H2. The molecule has 0 spiro atoms. The molecule has 80 valence electrons. The summed E-state index contributed by atoms with van der Waals surface area (Å²) in [6.07, 6.45) is 5.42. The highest BCUT2D eigenvalue weighted by Gasteiger charge is 2.27. The van der Waals surface area contributed by atoms with Crippen LogP contribution in [0.1, 0.15) is 38.5 Å². The summed E-state index contributed by atoms with van der Waals surface area (Å²) in [5, 5.41) is 9.55. The van der Waals surface area contributed by atoms with Gasteiger partial charge in [-0.25, -0.2) is 0 Å². The molecule has 2 fully saturated rings. The van der Waals surface area contributed by atoms with Gasteiger partial charge in [-0.3, -0.25) is 9.69 Å². The van der Waals surface area contributed by atoms with Crippen molar-refractivity contribution in [2.45, 2.75) is 50.7 Å². The van der Waals surface area contributed by atoms with Crippen LogP contribution < -0.4 is 0 Å². The Morgan fingerprint density at radius 2 is 1.93 bits per heavy atom. The van der Waals surface area contributed by atoms with E-state index in [-0.39, 0.29) is 6.10 Å². The number of rotatable bonds is 1. The Labute approximate surface area is 85.1 Å². The molecule has 3 heteroatoms. The van der Waals surface area contributed by atoms with E-state index in [1.807, 2.05) is 0 Å². The minimum Gasteiger partial charge on any atom is -0.392 e. The van der Waals surface area contributed by atoms with Crippen molar-refractivity contribution < 1.29 is 9.90 Å². The lowest BCUT2D eigenvalue weighted by Gasteiger charge is -2.38. The van der Waals surface area contributed by atoms with Crippen LogP contribution in [0.25, 0.3) is 0 Å². The van der Waals surface area contributed by atoms with E-state index in [1.165, 1.54) is 0 Å². The smallest absolute Gasteiger partial charge is 0.133 e. The Morgan fingerprint density at radius 3 is 2.57 bits per heavy atom. The second-order valence-electron chi connectivity index (χ2n) is 4.56. The van der Waals surface area contributed by atoms with E-state index >= 15 is 0 Å². The Balaban J connectivity index is 1.85. The first-order valence-corrected chi connectivity index (χ1v) is 5.69. The van der Waals surface area contributed by atoms with Gasteiger partial charge in [-0.2, -0.15) is 0 Å². The van der Waals surface area contributed by atoms with Crippen molar-refractivity contribution in [2.75, 3.05) is 13.1 Å². The van der Waals surface area contributed by atoms with E-state index in [2.05, 4.69) is 4.90 Å². The highest BCUT2D eigenvalue weighted by Crippen LogP contribution is 2.23. The second kappa shape index (κ2) is 4.41. The number of Topliss-reactive ketones (excluding diaryl/α,β-unsaturated/α-hetero) is 1. The minimum atomic E-state index is -0.138. The average Bonchev–Trinajstić information content (AvgIpc) is 2.19. The number of carbonyl (C=O) groups is 1. The van der Waals surface area contributed by atoms with Crippen LogP contribution in [0.3, 0.4) is 0 Å². The van der Waals surface area contributed by atoms with E-state index < -0.39 is 0 Å². The number of β-amino-alcohol motifs (C(OH)–C–C–N with tert-alkyl or cyclic N) is 1. The fourth-order valence-electron chi connectivity index (χ4n) is 2.60. The van der Waals surface area contributed by atoms with Crippen molar-refractivity contribution in [1.82, 2.24) is 4.90 Å². The van der Waals surface area contributed by atoms with Crippen LogP contribution in [0.5, 0.6) is 0 Å². The van der Waals surface area contributed by atoms with Crippen LogP contribution in [-0.2, 0) is 4.79 Å². The summed E-state index contributed by atoms with van der Waals surface area (Å²) in [6.45, 7) is 1.93. The van der Waals surface area contributed by atoms with Gasteiger partial charge >= 0.3 is 0 Å². The summed E-state index contributed by atoms with van der Waals surface area (Å²) in [7, 11) is 0. The van der Waals surface area contributed by atoms with Crippen LogP contribution in [0.2, 0.25) is 0 Å². The van der Waals surface area contributed by atoms with Crippen molar-refractivity contribution in [2.24, 2.45) is 0 Å². The van der Waals surface area contributed by atoms with Crippen molar-refractivity contribution in [1.29, 1.82) is 0 Å². The third-order valence-electron chi connectivity index (χ3n) is 3.46. The average molecular weight is 197 g/mol. The molecule has 0 radical (unpaired) electrons. The number of ketones is 1. The number of piperidine rings is 1. The highest BCUT2D eigenvalue weighted by molar-refractivity contribution is 5.79. The molecule has 2 rings (SSSR count). The maximum atomic E-state index is 11.1. The lowest BCUT2D eigenvalue weighted by atomic mass is 9.91. The Bertz CT molecular complexity index is 207. The normalized spacial score (nSPS) is 32.1. The third-order valence-corrected chi connectivity index (χ3v) is 3.46. The van der Waals surface area contributed by atoms with Gasteiger partial charge in [0.25, 0.3) is 0 Å². The molecule has 1 aliphatic carbocycles. The van der Waals surface area contributed by atoms with Crippen LogP contribution >= 0.6 is 0 Å². The Hall–Kier alpha value is -0.410. The largest absolute Gasteiger partial charge is 0.392 e.